The Hall–Kier alpha value is -2.62. The molecule has 1 fully saturated rings. The van der Waals surface area contributed by atoms with Gasteiger partial charge >= 0.3 is 0 Å². The molecule has 6 nitrogen and oxygen atoms in total. The van der Waals surface area contributed by atoms with Crippen LogP contribution in [0.2, 0.25) is 5.02 Å². The van der Waals surface area contributed by atoms with Crippen LogP contribution in [0.5, 0.6) is 0 Å². The summed E-state index contributed by atoms with van der Waals surface area (Å²) in [5.41, 5.74) is 8.76. The van der Waals surface area contributed by atoms with Crippen LogP contribution >= 0.6 is 11.6 Å². The number of hydrogen-bond acceptors (Lipinski definition) is 5. The fourth-order valence-electron chi connectivity index (χ4n) is 3.37. The van der Waals surface area contributed by atoms with E-state index in [4.69, 9.17) is 17.3 Å². The molecule has 0 spiro atoms. The predicted molar refractivity (Wildman–Crippen MR) is 102 cm³/mol. The van der Waals surface area contributed by atoms with Gasteiger partial charge in [-0.15, -0.1) is 0 Å². The van der Waals surface area contributed by atoms with Gasteiger partial charge in [-0.1, -0.05) is 23.7 Å². The minimum atomic E-state index is 0.298. The van der Waals surface area contributed by atoms with Crippen LogP contribution in [-0.4, -0.2) is 26.5 Å². The Kier molecular flexibility index (Phi) is 4.49. The Morgan fingerprint density at radius 3 is 2.62 bits per heavy atom. The van der Waals surface area contributed by atoms with E-state index in [1.807, 2.05) is 34.9 Å². The van der Waals surface area contributed by atoms with E-state index in [0.717, 1.165) is 36.9 Å². The van der Waals surface area contributed by atoms with Gasteiger partial charge in [0.25, 0.3) is 0 Å². The summed E-state index contributed by atoms with van der Waals surface area (Å²) in [6.07, 6.45) is 7.54. The Labute approximate surface area is 156 Å². The van der Waals surface area contributed by atoms with Crippen LogP contribution in [0.25, 0.3) is 16.9 Å². The van der Waals surface area contributed by atoms with Gasteiger partial charge in [-0.2, -0.15) is 5.26 Å². The maximum absolute atomic E-state index is 9.40. The molecule has 1 aromatic carbocycles. The summed E-state index contributed by atoms with van der Waals surface area (Å²) in [7, 11) is 0. The number of benzene rings is 1. The van der Waals surface area contributed by atoms with E-state index < -0.39 is 0 Å². The van der Waals surface area contributed by atoms with Crippen LogP contribution in [0.4, 0.5) is 5.95 Å². The van der Waals surface area contributed by atoms with Crippen LogP contribution < -0.4 is 11.1 Å². The number of imidazole rings is 1. The third kappa shape index (κ3) is 3.24. The fraction of sp³-hybridized carbons (Fsp3) is 0.316. The molecular formula is C19H19ClN6. The smallest absolute Gasteiger partial charge is 0.208 e. The second-order valence-corrected chi connectivity index (χ2v) is 7.13. The highest BCUT2D eigenvalue weighted by Crippen LogP contribution is 2.26. The highest BCUT2D eigenvalue weighted by molar-refractivity contribution is 6.30. The molecule has 26 heavy (non-hydrogen) atoms. The van der Waals surface area contributed by atoms with Crippen molar-refractivity contribution < 1.29 is 0 Å². The van der Waals surface area contributed by atoms with E-state index in [-0.39, 0.29) is 0 Å². The summed E-state index contributed by atoms with van der Waals surface area (Å²) in [6, 6.07) is 10.3. The first-order valence-electron chi connectivity index (χ1n) is 8.70. The van der Waals surface area contributed by atoms with Gasteiger partial charge in [0.2, 0.25) is 5.95 Å². The molecule has 2 heterocycles. The summed E-state index contributed by atoms with van der Waals surface area (Å²) in [6.45, 7) is 0. The van der Waals surface area contributed by atoms with Gasteiger partial charge < -0.3 is 11.1 Å². The largest absolute Gasteiger partial charge is 0.353 e. The van der Waals surface area contributed by atoms with Crippen molar-refractivity contribution in [1.82, 2.24) is 14.4 Å². The molecule has 0 aliphatic heterocycles. The van der Waals surface area contributed by atoms with Crippen LogP contribution in [0, 0.1) is 11.3 Å². The molecule has 4 rings (SSSR count). The normalized spacial score (nSPS) is 20.0. The first kappa shape index (κ1) is 16.8. The summed E-state index contributed by atoms with van der Waals surface area (Å²) in [5.74, 6) is 0.701. The SMILES string of the molecule is N#Cc1cnc(NC2CCC(N)CC2)n2cc(-c3ccc(Cl)cc3)nc12. The third-order valence-electron chi connectivity index (χ3n) is 4.86. The lowest BCUT2D eigenvalue weighted by molar-refractivity contribution is 0.409. The molecule has 0 amide bonds. The number of halogens is 1. The van der Waals surface area contributed by atoms with Crippen molar-refractivity contribution in [3.63, 3.8) is 0 Å². The van der Waals surface area contributed by atoms with Crippen LogP contribution in [0.1, 0.15) is 31.2 Å². The standard InChI is InChI=1S/C19H19ClN6/c20-14-3-1-12(2-4-14)17-11-26-18(25-17)13(9-21)10-23-19(26)24-16-7-5-15(22)6-8-16/h1-4,10-11,15-16H,5-8,22H2,(H,23,24). The number of aromatic nitrogens is 3. The zero-order valence-corrected chi connectivity index (χ0v) is 14.9. The van der Waals surface area contributed by atoms with Crippen molar-refractivity contribution in [3.8, 4) is 17.3 Å². The average Bonchev–Trinajstić information content (AvgIpc) is 3.10. The molecule has 2 aromatic heterocycles. The Morgan fingerprint density at radius 1 is 1.19 bits per heavy atom. The molecule has 3 N–H and O–H groups in total. The number of nitrogens with zero attached hydrogens (tertiary/aromatic N) is 4. The molecule has 7 heteroatoms. The molecule has 0 radical (unpaired) electrons. The number of anilines is 1. The molecule has 0 unspecified atom stereocenters. The van der Waals surface area contributed by atoms with Gasteiger partial charge in [0, 0.05) is 28.9 Å². The highest BCUT2D eigenvalue weighted by Gasteiger charge is 2.20. The maximum atomic E-state index is 9.40. The first-order chi connectivity index (χ1) is 12.6. The van der Waals surface area contributed by atoms with Gasteiger partial charge in [0.15, 0.2) is 5.65 Å². The van der Waals surface area contributed by atoms with Gasteiger partial charge in [-0.3, -0.25) is 4.40 Å². The molecular weight excluding hydrogens is 348 g/mol. The molecule has 0 atom stereocenters. The molecule has 1 aliphatic rings. The topological polar surface area (TPSA) is 92.0 Å². The van der Waals surface area contributed by atoms with E-state index in [1.54, 1.807) is 6.20 Å². The van der Waals surface area contributed by atoms with E-state index in [1.165, 1.54) is 0 Å². The quantitative estimate of drug-likeness (QED) is 0.738. The fourth-order valence-corrected chi connectivity index (χ4v) is 3.49. The third-order valence-corrected chi connectivity index (χ3v) is 5.11. The van der Waals surface area contributed by atoms with Crippen molar-refractivity contribution in [2.75, 3.05) is 5.32 Å². The molecule has 0 bridgehead atoms. The highest BCUT2D eigenvalue weighted by atomic mass is 35.5. The minimum absolute atomic E-state index is 0.298. The molecule has 1 aliphatic carbocycles. The van der Waals surface area contributed by atoms with Crippen LogP contribution in [0.15, 0.2) is 36.7 Å². The monoisotopic (exact) mass is 366 g/mol. The number of nitrogens with two attached hydrogens (primary N) is 1. The van der Waals surface area contributed by atoms with Crippen molar-refractivity contribution >= 4 is 23.2 Å². The summed E-state index contributed by atoms with van der Waals surface area (Å²) >= 11 is 5.97. The number of fused-ring (bicyclic) bond motifs is 1. The van der Waals surface area contributed by atoms with E-state index >= 15 is 0 Å². The van der Waals surface area contributed by atoms with Gasteiger partial charge in [-0.25, -0.2) is 9.97 Å². The van der Waals surface area contributed by atoms with Crippen LogP contribution in [-0.2, 0) is 0 Å². The van der Waals surface area contributed by atoms with Gasteiger partial charge in [0.1, 0.15) is 11.6 Å². The molecule has 3 aromatic rings. The zero-order chi connectivity index (χ0) is 18.1. The zero-order valence-electron chi connectivity index (χ0n) is 14.2. The Balaban J connectivity index is 1.72. The summed E-state index contributed by atoms with van der Waals surface area (Å²) in [5, 5.41) is 13.6. The molecule has 132 valence electrons. The maximum Gasteiger partial charge on any atom is 0.208 e. The van der Waals surface area contributed by atoms with E-state index in [2.05, 4.69) is 21.4 Å². The van der Waals surface area contributed by atoms with Crippen molar-refractivity contribution in [2.24, 2.45) is 5.73 Å². The number of rotatable bonds is 3. The van der Waals surface area contributed by atoms with Crippen molar-refractivity contribution in [2.45, 2.75) is 37.8 Å². The minimum Gasteiger partial charge on any atom is -0.353 e. The Bertz CT molecular complexity index is 964. The Morgan fingerprint density at radius 2 is 1.92 bits per heavy atom. The lowest BCUT2D eigenvalue weighted by atomic mass is 9.92. The lowest BCUT2D eigenvalue weighted by Crippen LogP contribution is -2.33. The van der Waals surface area contributed by atoms with E-state index in [0.29, 0.717) is 34.3 Å². The van der Waals surface area contributed by atoms with Crippen molar-refractivity contribution in [3.05, 3.63) is 47.2 Å². The predicted octanol–water partition coefficient (Wildman–Crippen LogP) is 3.60. The summed E-state index contributed by atoms with van der Waals surface area (Å²) in [4.78, 5) is 9.10. The first-order valence-corrected chi connectivity index (χ1v) is 9.08. The van der Waals surface area contributed by atoms with Gasteiger partial charge in [-0.05, 0) is 37.8 Å². The van der Waals surface area contributed by atoms with Crippen LogP contribution in [0.3, 0.4) is 0 Å². The van der Waals surface area contributed by atoms with Crippen molar-refractivity contribution in [1.29, 1.82) is 5.26 Å². The second-order valence-electron chi connectivity index (χ2n) is 6.69. The number of nitriles is 1. The summed E-state index contributed by atoms with van der Waals surface area (Å²) < 4.78 is 1.86. The van der Waals surface area contributed by atoms with E-state index in [9.17, 15) is 5.26 Å². The second kappa shape index (κ2) is 6.94. The lowest BCUT2D eigenvalue weighted by Gasteiger charge is -2.27. The number of hydrogen-bond donors (Lipinski definition) is 2. The molecule has 1 saturated carbocycles. The average molecular weight is 367 g/mol. The van der Waals surface area contributed by atoms with Gasteiger partial charge in [0.05, 0.1) is 11.9 Å². The molecule has 0 saturated heterocycles. The number of nitrogens with one attached hydrogen (secondary N) is 1.